The first kappa shape index (κ1) is 16.9. The molecule has 23 heavy (non-hydrogen) atoms. The number of unbranched alkanes of at least 4 members (excludes halogenated alkanes) is 1. The molecule has 0 bridgehead atoms. The molecule has 3 atom stereocenters. The molecule has 0 aliphatic heterocycles. The second kappa shape index (κ2) is 9.39. The Labute approximate surface area is 141 Å². The number of pyridine rings is 1. The average molecular weight is 316 g/mol. The lowest BCUT2D eigenvalue weighted by Crippen LogP contribution is -2.39. The number of nitrogens with zero attached hydrogens (tertiary/aromatic N) is 1. The summed E-state index contributed by atoms with van der Waals surface area (Å²) in [7, 11) is 0. The molecule has 128 valence electrons. The average Bonchev–Trinajstić information content (AvgIpc) is 2.61. The molecule has 1 aromatic heterocycles. The highest BCUT2D eigenvalue weighted by Crippen LogP contribution is 2.40. The number of aromatic nitrogens is 1. The molecule has 3 nitrogen and oxygen atoms in total. The van der Waals surface area contributed by atoms with Crippen LogP contribution in [0.1, 0.15) is 63.5 Å². The molecule has 0 aromatic carbocycles. The highest BCUT2D eigenvalue weighted by atomic mass is 14.9. The Bertz CT molecular complexity index is 434. The van der Waals surface area contributed by atoms with Crippen LogP contribution in [0, 0.1) is 11.8 Å². The molecule has 3 rings (SSSR count). The van der Waals surface area contributed by atoms with Gasteiger partial charge >= 0.3 is 0 Å². The number of hydrogen-bond donors (Lipinski definition) is 2. The molecule has 0 spiro atoms. The van der Waals surface area contributed by atoms with Crippen molar-refractivity contribution < 1.29 is 0 Å². The minimum Gasteiger partial charge on any atom is -0.314 e. The van der Waals surface area contributed by atoms with Crippen LogP contribution in [0.4, 0.5) is 0 Å². The van der Waals surface area contributed by atoms with E-state index in [4.69, 9.17) is 0 Å². The third-order valence-corrected chi connectivity index (χ3v) is 5.79. The van der Waals surface area contributed by atoms with E-state index >= 15 is 0 Å². The minimum atomic E-state index is 0.802. The number of nitrogens with one attached hydrogen (secondary N) is 2. The number of hydrogen-bond acceptors (Lipinski definition) is 3. The molecule has 0 amide bonds. The van der Waals surface area contributed by atoms with Crippen molar-refractivity contribution in [2.75, 3.05) is 13.1 Å². The summed E-state index contributed by atoms with van der Waals surface area (Å²) >= 11 is 0. The van der Waals surface area contributed by atoms with Crippen molar-refractivity contribution in [1.82, 2.24) is 15.6 Å². The smallest absolute Gasteiger partial charge is 0.0541 e. The Kier molecular flexibility index (Phi) is 6.90. The topological polar surface area (TPSA) is 37.0 Å². The van der Waals surface area contributed by atoms with Crippen molar-refractivity contribution >= 4 is 0 Å². The summed E-state index contributed by atoms with van der Waals surface area (Å²) in [4.78, 5) is 4.33. The van der Waals surface area contributed by atoms with Gasteiger partial charge in [0.1, 0.15) is 0 Å². The van der Waals surface area contributed by atoms with Gasteiger partial charge in [-0.25, -0.2) is 0 Å². The summed E-state index contributed by atoms with van der Waals surface area (Å²) in [5.41, 5.74) is 1.13. The molecule has 2 N–H and O–H groups in total. The first-order chi connectivity index (χ1) is 11.4. The van der Waals surface area contributed by atoms with E-state index in [0.29, 0.717) is 0 Å². The number of fused-ring (bicyclic) bond motifs is 1. The van der Waals surface area contributed by atoms with E-state index in [0.717, 1.165) is 36.7 Å². The molecular formula is C20H33N3. The van der Waals surface area contributed by atoms with Gasteiger partial charge in [0.05, 0.1) is 5.69 Å². The van der Waals surface area contributed by atoms with Gasteiger partial charge in [0.2, 0.25) is 0 Å². The molecule has 1 heterocycles. The Morgan fingerprint density at radius 1 is 0.957 bits per heavy atom. The van der Waals surface area contributed by atoms with Gasteiger partial charge in [-0.05, 0) is 69.2 Å². The third kappa shape index (κ3) is 5.58. The fraction of sp³-hybridized carbons (Fsp3) is 0.750. The zero-order valence-corrected chi connectivity index (χ0v) is 14.5. The number of rotatable bonds is 8. The molecular weight excluding hydrogens is 282 g/mol. The van der Waals surface area contributed by atoms with E-state index < -0.39 is 0 Å². The Hall–Kier alpha value is -0.930. The van der Waals surface area contributed by atoms with Crippen molar-refractivity contribution in [2.24, 2.45) is 11.8 Å². The summed E-state index contributed by atoms with van der Waals surface area (Å²) in [5, 5.41) is 7.31. The van der Waals surface area contributed by atoms with Gasteiger partial charge in [-0.2, -0.15) is 0 Å². The molecule has 1 aromatic rings. The molecule has 3 heteroatoms. The van der Waals surface area contributed by atoms with Crippen molar-refractivity contribution in [2.45, 2.75) is 70.4 Å². The first-order valence-electron chi connectivity index (χ1n) is 9.76. The normalized spacial score (nSPS) is 27.6. The second-order valence-corrected chi connectivity index (χ2v) is 7.47. The standard InChI is InChI=1S/C20H33N3/c1-2-8-18-15-19(11-10-17(18)7-1)22-14-6-5-12-21-16-20-9-3-4-13-23-20/h3-4,9,13,17-19,21-22H,1-2,5-8,10-12,14-16H2. The zero-order chi connectivity index (χ0) is 15.7. The second-order valence-electron chi connectivity index (χ2n) is 7.47. The third-order valence-electron chi connectivity index (χ3n) is 5.79. The van der Waals surface area contributed by atoms with Crippen LogP contribution in [0.3, 0.4) is 0 Å². The van der Waals surface area contributed by atoms with Crippen LogP contribution < -0.4 is 10.6 Å². The highest BCUT2D eigenvalue weighted by molar-refractivity contribution is 5.02. The van der Waals surface area contributed by atoms with E-state index in [-0.39, 0.29) is 0 Å². The Morgan fingerprint density at radius 3 is 2.70 bits per heavy atom. The summed E-state index contributed by atoms with van der Waals surface area (Å²) in [6, 6.07) is 6.90. The Morgan fingerprint density at radius 2 is 1.83 bits per heavy atom. The lowest BCUT2D eigenvalue weighted by molar-refractivity contribution is 0.144. The molecule has 2 aliphatic carbocycles. The van der Waals surface area contributed by atoms with Crippen molar-refractivity contribution in [3.63, 3.8) is 0 Å². The van der Waals surface area contributed by atoms with Crippen molar-refractivity contribution in [1.29, 1.82) is 0 Å². The van der Waals surface area contributed by atoms with E-state index in [1.807, 2.05) is 12.3 Å². The molecule has 0 radical (unpaired) electrons. The minimum absolute atomic E-state index is 0.802. The summed E-state index contributed by atoms with van der Waals surface area (Å²) < 4.78 is 0. The van der Waals surface area contributed by atoms with Gasteiger partial charge in [-0.3, -0.25) is 4.98 Å². The fourth-order valence-corrected chi connectivity index (χ4v) is 4.46. The van der Waals surface area contributed by atoms with Crippen molar-refractivity contribution in [3.05, 3.63) is 30.1 Å². The maximum absolute atomic E-state index is 4.33. The zero-order valence-electron chi connectivity index (χ0n) is 14.5. The van der Waals surface area contributed by atoms with E-state index in [1.54, 1.807) is 0 Å². The lowest BCUT2D eigenvalue weighted by Gasteiger charge is -2.39. The monoisotopic (exact) mass is 315 g/mol. The largest absolute Gasteiger partial charge is 0.314 e. The summed E-state index contributed by atoms with van der Waals surface area (Å²) in [6.45, 7) is 3.17. The summed E-state index contributed by atoms with van der Waals surface area (Å²) in [6.07, 6.45) is 14.7. The predicted octanol–water partition coefficient (Wildman–Crippen LogP) is 3.90. The van der Waals surface area contributed by atoms with Gasteiger partial charge in [-0.1, -0.05) is 31.7 Å². The molecule has 0 saturated heterocycles. The van der Waals surface area contributed by atoms with Gasteiger partial charge < -0.3 is 10.6 Å². The fourth-order valence-electron chi connectivity index (χ4n) is 4.46. The molecule has 2 saturated carbocycles. The molecule has 2 aliphatic rings. The highest BCUT2D eigenvalue weighted by Gasteiger charge is 2.31. The van der Waals surface area contributed by atoms with Gasteiger partial charge in [0, 0.05) is 18.8 Å². The first-order valence-corrected chi connectivity index (χ1v) is 9.76. The van der Waals surface area contributed by atoms with Gasteiger partial charge in [0.15, 0.2) is 0 Å². The van der Waals surface area contributed by atoms with Gasteiger partial charge in [-0.15, -0.1) is 0 Å². The predicted molar refractivity (Wildman–Crippen MR) is 96.3 cm³/mol. The lowest BCUT2D eigenvalue weighted by atomic mass is 9.69. The van der Waals surface area contributed by atoms with Crippen LogP contribution in [0.5, 0.6) is 0 Å². The van der Waals surface area contributed by atoms with E-state index in [9.17, 15) is 0 Å². The molecule has 2 fully saturated rings. The van der Waals surface area contributed by atoms with Gasteiger partial charge in [0.25, 0.3) is 0 Å². The van der Waals surface area contributed by atoms with Crippen molar-refractivity contribution in [3.8, 4) is 0 Å². The van der Waals surface area contributed by atoms with Crippen LogP contribution in [0.25, 0.3) is 0 Å². The van der Waals surface area contributed by atoms with Crippen LogP contribution in [0.15, 0.2) is 24.4 Å². The van der Waals surface area contributed by atoms with Crippen LogP contribution in [-0.2, 0) is 6.54 Å². The van der Waals surface area contributed by atoms with Crippen LogP contribution >= 0.6 is 0 Å². The van der Waals surface area contributed by atoms with E-state index in [2.05, 4.69) is 27.8 Å². The maximum atomic E-state index is 4.33. The van der Waals surface area contributed by atoms with Crippen LogP contribution in [0.2, 0.25) is 0 Å². The summed E-state index contributed by atoms with van der Waals surface area (Å²) in [5.74, 6) is 2.10. The maximum Gasteiger partial charge on any atom is 0.0541 e. The quantitative estimate of drug-likeness (QED) is 0.714. The molecule has 3 unspecified atom stereocenters. The Balaban J connectivity index is 1.20. The van der Waals surface area contributed by atoms with Crippen LogP contribution in [-0.4, -0.2) is 24.1 Å². The SMILES string of the molecule is c1ccc(CNCCCCNC2CCC3CCCCC3C2)nc1. The van der Waals surface area contributed by atoms with E-state index in [1.165, 1.54) is 64.3 Å².